The molecule has 0 saturated heterocycles. The average Bonchev–Trinajstić information content (AvgIpc) is 2.30. The van der Waals surface area contributed by atoms with Gasteiger partial charge in [-0.3, -0.25) is 4.79 Å². The van der Waals surface area contributed by atoms with Crippen molar-refractivity contribution in [2.45, 2.75) is 4.90 Å². The Morgan fingerprint density at radius 1 is 1.24 bits per heavy atom. The standard InChI is InChI=1S/C8H7N5O3S/c14-7-2-1-6(5-10-7)17(15,16)13-8-9-3-4-11-12-8/h1-5H,(H,10,14)(H,9,12,13). The van der Waals surface area contributed by atoms with Gasteiger partial charge in [-0.05, 0) is 6.07 Å². The SMILES string of the molecule is O=c1ccc(S(=O)(=O)Nc2nccnn2)c[nH]1. The van der Waals surface area contributed by atoms with Gasteiger partial charge in [0.1, 0.15) is 4.90 Å². The van der Waals surface area contributed by atoms with Crippen molar-refractivity contribution >= 4 is 16.0 Å². The first-order valence-electron chi connectivity index (χ1n) is 4.43. The number of aromatic nitrogens is 4. The molecule has 0 aliphatic rings. The number of nitrogens with one attached hydrogen (secondary N) is 2. The Kier molecular flexibility index (Phi) is 2.83. The van der Waals surface area contributed by atoms with Gasteiger partial charge in [0.05, 0.1) is 12.4 Å². The predicted octanol–water partition coefficient (Wildman–Crippen LogP) is -0.639. The van der Waals surface area contributed by atoms with Gasteiger partial charge >= 0.3 is 0 Å². The average molecular weight is 253 g/mol. The van der Waals surface area contributed by atoms with Crippen molar-refractivity contribution in [3.63, 3.8) is 0 Å². The molecular weight excluding hydrogens is 246 g/mol. The fraction of sp³-hybridized carbons (Fsp3) is 0. The van der Waals surface area contributed by atoms with E-state index in [1.54, 1.807) is 0 Å². The van der Waals surface area contributed by atoms with E-state index in [0.29, 0.717) is 0 Å². The molecule has 88 valence electrons. The Bertz CT molecular complexity index is 647. The van der Waals surface area contributed by atoms with Crippen LogP contribution in [0, 0.1) is 0 Å². The van der Waals surface area contributed by atoms with Gasteiger partial charge in [0.25, 0.3) is 16.0 Å². The molecule has 0 atom stereocenters. The molecule has 0 saturated carbocycles. The van der Waals surface area contributed by atoms with Crippen LogP contribution in [0.25, 0.3) is 0 Å². The smallest absolute Gasteiger partial charge is 0.265 e. The summed E-state index contributed by atoms with van der Waals surface area (Å²) in [6.45, 7) is 0. The number of nitrogens with zero attached hydrogens (tertiary/aromatic N) is 3. The van der Waals surface area contributed by atoms with E-state index in [1.807, 2.05) is 0 Å². The van der Waals surface area contributed by atoms with Crippen LogP contribution >= 0.6 is 0 Å². The normalized spacial score (nSPS) is 11.1. The lowest BCUT2D eigenvalue weighted by Crippen LogP contribution is -2.17. The van der Waals surface area contributed by atoms with Crippen LogP contribution in [-0.2, 0) is 10.0 Å². The molecule has 0 radical (unpaired) electrons. The molecule has 9 heteroatoms. The van der Waals surface area contributed by atoms with Crippen molar-refractivity contribution in [1.29, 1.82) is 0 Å². The number of sulfonamides is 1. The first-order valence-corrected chi connectivity index (χ1v) is 5.91. The summed E-state index contributed by atoms with van der Waals surface area (Å²) in [6.07, 6.45) is 3.70. The monoisotopic (exact) mass is 253 g/mol. The molecule has 0 amide bonds. The summed E-state index contributed by atoms with van der Waals surface area (Å²) in [7, 11) is -3.82. The summed E-state index contributed by atoms with van der Waals surface area (Å²) >= 11 is 0. The lowest BCUT2D eigenvalue weighted by Gasteiger charge is -2.04. The predicted molar refractivity (Wildman–Crippen MR) is 57.7 cm³/mol. The van der Waals surface area contributed by atoms with Gasteiger partial charge in [-0.15, -0.1) is 5.10 Å². The molecule has 0 aliphatic carbocycles. The quantitative estimate of drug-likeness (QED) is 0.751. The summed E-state index contributed by atoms with van der Waals surface area (Å²) in [5, 5.41) is 6.96. The van der Waals surface area contributed by atoms with Crippen LogP contribution in [-0.4, -0.2) is 28.6 Å². The third kappa shape index (κ3) is 2.64. The van der Waals surface area contributed by atoms with Crippen LogP contribution in [0.3, 0.4) is 0 Å². The van der Waals surface area contributed by atoms with Gasteiger partial charge in [-0.25, -0.2) is 18.1 Å². The highest BCUT2D eigenvalue weighted by Crippen LogP contribution is 2.08. The maximum atomic E-state index is 11.8. The molecule has 0 bridgehead atoms. The summed E-state index contributed by atoms with van der Waals surface area (Å²) in [4.78, 5) is 16.6. The highest BCUT2D eigenvalue weighted by atomic mass is 32.2. The minimum absolute atomic E-state index is 0.0930. The van der Waals surface area contributed by atoms with E-state index < -0.39 is 10.0 Å². The van der Waals surface area contributed by atoms with E-state index in [4.69, 9.17) is 0 Å². The molecule has 2 rings (SSSR count). The van der Waals surface area contributed by atoms with Crippen molar-refractivity contribution in [3.8, 4) is 0 Å². The lowest BCUT2D eigenvalue weighted by molar-refractivity contribution is 0.600. The van der Waals surface area contributed by atoms with E-state index in [2.05, 4.69) is 24.9 Å². The van der Waals surface area contributed by atoms with Crippen molar-refractivity contribution in [2.75, 3.05) is 4.72 Å². The molecule has 2 aromatic heterocycles. The zero-order chi connectivity index (χ0) is 12.3. The maximum absolute atomic E-state index is 11.8. The van der Waals surface area contributed by atoms with Crippen molar-refractivity contribution in [2.24, 2.45) is 0 Å². The number of rotatable bonds is 3. The number of hydrogen-bond acceptors (Lipinski definition) is 6. The molecule has 0 aromatic carbocycles. The van der Waals surface area contributed by atoms with Crippen molar-refractivity contribution in [3.05, 3.63) is 41.1 Å². The van der Waals surface area contributed by atoms with Crippen LogP contribution in [0.15, 0.2) is 40.4 Å². The highest BCUT2D eigenvalue weighted by molar-refractivity contribution is 7.92. The summed E-state index contributed by atoms with van der Waals surface area (Å²) in [6, 6.07) is 2.29. The Hall–Kier alpha value is -2.29. The second-order valence-corrected chi connectivity index (χ2v) is 4.64. The number of anilines is 1. The molecule has 2 N–H and O–H groups in total. The molecule has 0 unspecified atom stereocenters. The lowest BCUT2D eigenvalue weighted by atomic mass is 10.5. The first kappa shape index (κ1) is 11.2. The topological polar surface area (TPSA) is 118 Å². The van der Waals surface area contributed by atoms with Crippen molar-refractivity contribution < 1.29 is 8.42 Å². The Morgan fingerprint density at radius 2 is 2.06 bits per heavy atom. The number of H-pyrrole nitrogens is 1. The molecule has 2 heterocycles. The van der Waals surface area contributed by atoms with Gasteiger partial charge in [0.2, 0.25) is 5.56 Å². The molecule has 0 spiro atoms. The number of pyridine rings is 1. The molecule has 0 fully saturated rings. The summed E-state index contributed by atoms with van der Waals surface area (Å²) < 4.78 is 25.7. The number of aromatic amines is 1. The Morgan fingerprint density at radius 3 is 2.65 bits per heavy atom. The largest absolute Gasteiger partial charge is 0.328 e. The third-order valence-corrected chi connectivity index (χ3v) is 3.10. The zero-order valence-electron chi connectivity index (χ0n) is 8.36. The summed E-state index contributed by atoms with van der Waals surface area (Å²) in [5.41, 5.74) is -0.387. The van der Waals surface area contributed by atoms with Gasteiger partial charge in [0, 0.05) is 12.3 Å². The molecule has 8 nitrogen and oxygen atoms in total. The second-order valence-electron chi connectivity index (χ2n) is 2.96. The molecular formula is C8H7N5O3S. The van der Waals surface area contributed by atoms with E-state index in [1.165, 1.54) is 18.5 Å². The van der Waals surface area contributed by atoms with Crippen LogP contribution in [0.4, 0.5) is 5.95 Å². The van der Waals surface area contributed by atoms with Gasteiger partial charge in [-0.2, -0.15) is 5.10 Å². The van der Waals surface area contributed by atoms with Gasteiger partial charge < -0.3 is 4.98 Å². The molecule has 17 heavy (non-hydrogen) atoms. The van der Waals surface area contributed by atoms with E-state index in [0.717, 1.165) is 12.3 Å². The summed E-state index contributed by atoms with van der Waals surface area (Å²) in [5.74, 6) is -0.140. The van der Waals surface area contributed by atoms with Gasteiger partial charge in [0.15, 0.2) is 0 Å². The highest BCUT2D eigenvalue weighted by Gasteiger charge is 2.15. The minimum atomic E-state index is -3.82. The number of hydrogen-bond donors (Lipinski definition) is 2. The van der Waals surface area contributed by atoms with Crippen LogP contribution in [0.1, 0.15) is 0 Å². The van der Waals surface area contributed by atoms with E-state index >= 15 is 0 Å². The Balaban J connectivity index is 2.32. The first-order chi connectivity index (χ1) is 8.08. The fourth-order valence-corrected chi connectivity index (χ4v) is 1.95. The fourth-order valence-electron chi connectivity index (χ4n) is 1.04. The van der Waals surface area contributed by atoms with Gasteiger partial charge in [-0.1, -0.05) is 0 Å². The van der Waals surface area contributed by atoms with Crippen molar-refractivity contribution in [1.82, 2.24) is 20.2 Å². The maximum Gasteiger partial charge on any atom is 0.265 e. The minimum Gasteiger partial charge on any atom is -0.328 e. The zero-order valence-corrected chi connectivity index (χ0v) is 9.18. The molecule has 2 aromatic rings. The van der Waals surface area contributed by atoms with Crippen LogP contribution < -0.4 is 10.3 Å². The third-order valence-electron chi connectivity index (χ3n) is 1.77. The van der Waals surface area contributed by atoms with Crippen LogP contribution in [0.5, 0.6) is 0 Å². The van der Waals surface area contributed by atoms with E-state index in [-0.39, 0.29) is 16.4 Å². The molecule has 0 aliphatic heterocycles. The second kappa shape index (κ2) is 4.29. The van der Waals surface area contributed by atoms with Crippen LogP contribution in [0.2, 0.25) is 0 Å². The van der Waals surface area contributed by atoms with E-state index in [9.17, 15) is 13.2 Å². The Labute approximate surface area is 95.8 Å².